The quantitative estimate of drug-likeness (QED) is 0.235. The lowest BCUT2D eigenvalue weighted by molar-refractivity contribution is -0.119. The number of methoxy groups -OCH3 is 1. The van der Waals surface area contributed by atoms with E-state index in [4.69, 9.17) is 37.7 Å². The zero-order valence-corrected chi connectivity index (χ0v) is 23.0. The number of pyridine rings is 1. The van der Waals surface area contributed by atoms with Crippen molar-refractivity contribution in [2.24, 2.45) is 0 Å². The predicted octanol–water partition coefficient (Wildman–Crippen LogP) is 6.16. The second-order valence-electron chi connectivity index (χ2n) is 8.80. The fraction of sp³-hybridized carbons (Fsp3) is 0.207. The van der Waals surface area contributed by atoms with E-state index in [1.54, 1.807) is 18.3 Å². The van der Waals surface area contributed by atoms with Crippen molar-refractivity contribution in [3.63, 3.8) is 0 Å². The smallest absolute Gasteiger partial charge is 0.250 e. The molecule has 5 rings (SSSR count). The highest BCUT2D eigenvalue weighted by Crippen LogP contribution is 2.44. The van der Waals surface area contributed by atoms with E-state index in [0.717, 1.165) is 28.5 Å². The molecule has 200 valence electrons. The second-order valence-corrected chi connectivity index (χ2v) is 9.60. The number of nitrogens with zero attached hydrogens (tertiary/aromatic N) is 2. The van der Waals surface area contributed by atoms with E-state index in [9.17, 15) is 4.79 Å². The number of furan rings is 1. The van der Waals surface area contributed by atoms with Crippen molar-refractivity contribution in [1.29, 1.82) is 0 Å². The van der Waals surface area contributed by atoms with E-state index in [0.29, 0.717) is 28.2 Å². The molecule has 1 aliphatic heterocycles. The molecule has 2 atom stereocenters. The van der Waals surface area contributed by atoms with Gasteiger partial charge >= 0.3 is 0 Å². The predicted molar refractivity (Wildman–Crippen MR) is 155 cm³/mol. The van der Waals surface area contributed by atoms with Gasteiger partial charge in [-0.1, -0.05) is 17.7 Å². The van der Waals surface area contributed by atoms with E-state index in [1.165, 1.54) is 7.11 Å². The lowest BCUT2D eigenvalue weighted by atomic mass is 10.0. The first-order valence-electron chi connectivity index (χ1n) is 12.4. The second kappa shape index (κ2) is 11.9. The summed E-state index contributed by atoms with van der Waals surface area (Å²) in [5.41, 5.74) is 2.97. The normalized spacial score (nSPS) is 16.7. The molecule has 1 amide bonds. The van der Waals surface area contributed by atoms with Gasteiger partial charge in [0.25, 0.3) is 0 Å². The van der Waals surface area contributed by atoms with Crippen molar-refractivity contribution in [3.8, 4) is 17.1 Å². The van der Waals surface area contributed by atoms with Gasteiger partial charge in [-0.25, -0.2) is 0 Å². The molecule has 2 N–H and O–H groups in total. The topological polar surface area (TPSA) is 88.9 Å². The molecule has 0 spiro atoms. The highest BCUT2D eigenvalue weighted by atomic mass is 35.5. The van der Waals surface area contributed by atoms with E-state index in [2.05, 4.69) is 15.6 Å². The maximum absolute atomic E-state index is 12.0. The fourth-order valence-electron chi connectivity index (χ4n) is 4.54. The Bertz CT molecular complexity index is 1460. The van der Waals surface area contributed by atoms with Gasteiger partial charge in [0.1, 0.15) is 29.9 Å². The van der Waals surface area contributed by atoms with Gasteiger partial charge in [-0.2, -0.15) is 0 Å². The van der Waals surface area contributed by atoms with Crippen LogP contribution in [0.15, 0.2) is 83.4 Å². The molecule has 8 nitrogen and oxygen atoms in total. The first kappa shape index (κ1) is 26.7. The number of nitrogens with one attached hydrogen (secondary N) is 2. The van der Waals surface area contributed by atoms with Gasteiger partial charge in [-0.15, -0.1) is 0 Å². The lowest BCUT2D eigenvalue weighted by Crippen LogP contribution is -2.29. The Morgan fingerprint density at radius 3 is 2.67 bits per heavy atom. The number of ether oxygens (including phenoxy) is 2. The molecule has 0 radical (unpaired) electrons. The summed E-state index contributed by atoms with van der Waals surface area (Å²) in [6.07, 6.45) is 1.75. The number of anilines is 2. The number of aromatic nitrogens is 1. The molecule has 0 bridgehead atoms. The van der Waals surface area contributed by atoms with E-state index in [1.807, 2.05) is 72.5 Å². The highest BCUT2D eigenvalue weighted by molar-refractivity contribution is 7.80. The van der Waals surface area contributed by atoms with Crippen LogP contribution < -0.4 is 20.3 Å². The molecule has 2 aromatic heterocycles. The van der Waals surface area contributed by atoms with Gasteiger partial charge in [0.05, 0.1) is 29.1 Å². The molecule has 1 fully saturated rings. The SMILES string of the molecule is CCOc1ccc(-c2ccc([C@@H]3[C@H](c4ccccn4)NC(=S)N3c3ccc(NC(=O)COC)c(Cl)c3)o2)cc1. The van der Waals surface area contributed by atoms with E-state index in [-0.39, 0.29) is 24.6 Å². The number of hydrogen-bond acceptors (Lipinski definition) is 6. The number of carbonyl (C=O) groups is 1. The van der Waals surface area contributed by atoms with Crippen LogP contribution in [-0.2, 0) is 9.53 Å². The van der Waals surface area contributed by atoms with Crippen LogP contribution in [0.3, 0.4) is 0 Å². The zero-order chi connectivity index (χ0) is 27.4. The third-order valence-corrected chi connectivity index (χ3v) is 6.87. The molecule has 0 saturated carbocycles. The summed E-state index contributed by atoms with van der Waals surface area (Å²) < 4.78 is 16.9. The number of hydrogen-bond donors (Lipinski definition) is 2. The summed E-state index contributed by atoms with van der Waals surface area (Å²) in [4.78, 5) is 18.5. The van der Waals surface area contributed by atoms with Crippen LogP contribution >= 0.6 is 23.8 Å². The van der Waals surface area contributed by atoms with Gasteiger partial charge in [0.2, 0.25) is 5.91 Å². The molecular weight excluding hydrogens is 536 g/mol. The Balaban J connectivity index is 1.50. The average molecular weight is 563 g/mol. The minimum absolute atomic E-state index is 0.0682. The molecule has 1 aliphatic rings. The molecule has 39 heavy (non-hydrogen) atoms. The van der Waals surface area contributed by atoms with Crippen molar-refractivity contribution in [2.45, 2.75) is 19.0 Å². The molecule has 4 aromatic rings. The molecule has 3 heterocycles. The van der Waals surface area contributed by atoms with Gasteiger partial charge in [0.15, 0.2) is 5.11 Å². The average Bonchev–Trinajstić information content (AvgIpc) is 3.56. The Morgan fingerprint density at radius 1 is 1.15 bits per heavy atom. The van der Waals surface area contributed by atoms with Crippen LogP contribution in [0.5, 0.6) is 5.75 Å². The summed E-state index contributed by atoms with van der Waals surface area (Å²) in [6.45, 7) is 2.49. The molecular formula is C29H27ClN4O4S. The number of benzene rings is 2. The highest BCUT2D eigenvalue weighted by Gasteiger charge is 2.42. The van der Waals surface area contributed by atoms with Crippen molar-refractivity contribution in [2.75, 3.05) is 30.5 Å². The van der Waals surface area contributed by atoms with Crippen LogP contribution in [0.4, 0.5) is 11.4 Å². The third kappa shape index (κ3) is 5.75. The van der Waals surface area contributed by atoms with Crippen molar-refractivity contribution < 1.29 is 18.7 Å². The first-order valence-corrected chi connectivity index (χ1v) is 13.2. The van der Waals surface area contributed by atoms with Gasteiger partial charge in [-0.05, 0) is 85.9 Å². The first-order chi connectivity index (χ1) is 19.0. The summed E-state index contributed by atoms with van der Waals surface area (Å²) in [6, 6.07) is 22.2. The molecule has 0 unspecified atom stereocenters. The molecule has 2 aromatic carbocycles. The van der Waals surface area contributed by atoms with Crippen molar-refractivity contribution in [3.05, 3.63) is 95.5 Å². The van der Waals surface area contributed by atoms with Crippen LogP contribution in [0, 0.1) is 0 Å². The summed E-state index contributed by atoms with van der Waals surface area (Å²) >= 11 is 12.4. The maximum Gasteiger partial charge on any atom is 0.250 e. The fourth-order valence-corrected chi connectivity index (χ4v) is 5.11. The van der Waals surface area contributed by atoms with Crippen molar-refractivity contribution in [1.82, 2.24) is 10.3 Å². The van der Waals surface area contributed by atoms with Crippen molar-refractivity contribution >= 4 is 46.2 Å². The van der Waals surface area contributed by atoms with Gasteiger partial charge in [0, 0.05) is 24.6 Å². The lowest BCUT2D eigenvalue weighted by Gasteiger charge is -2.26. The largest absolute Gasteiger partial charge is 0.494 e. The number of rotatable bonds is 9. The standard InChI is InChI=1S/C29H27ClN4O4S/c1-3-37-20-10-7-18(8-11-20)24-13-14-25(38-24)28-27(23-6-4-5-15-31-23)33-29(39)34(28)19-9-12-22(21(30)16-19)32-26(35)17-36-2/h4-16,27-28H,3,17H2,1-2H3,(H,32,35)(H,33,39)/t27-,28+/m0/s1. The Kier molecular flexibility index (Phi) is 8.11. The number of thiocarbonyl (C=S) groups is 1. The van der Waals surface area contributed by atoms with Gasteiger partial charge < -0.3 is 29.4 Å². The minimum atomic E-state index is -0.353. The molecule has 1 saturated heterocycles. The van der Waals surface area contributed by atoms with Gasteiger partial charge in [-0.3, -0.25) is 9.78 Å². The zero-order valence-electron chi connectivity index (χ0n) is 21.4. The van der Waals surface area contributed by atoms with E-state index < -0.39 is 0 Å². The summed E-state index contributed by atoms with van der Waals surface area (Å²) in [5, 5.41) is 7.03. The van der Waals surface area contributed by atoms with Crippen LogP contribution in [-0.4, -0.2) is 36.3 Å². The monoisotopic (exact) mass is 562 g/mol. The Labute approximate surface area is 236 Å². The van der Waals surface area contributed by atoms with Crippen LogP contribution in [0.2, 0.25) is 5.02 Å². The third-order valence-electron chi connectivity index (χ3n) is 6.25. The summed E-state index contributed by atoms with van der Waals surface area (Å²) in [5.74, 6) is 1.94. The number of carbonyl (C=O) groups excluding carboxylic acids is 1. The molecule has 0 aliphatic carbocycles. The summed E-state index contributed by atoms with van der Waals surface area (Å²) in [7, 11) is 1.46. The Hall–Kier alpha value is -3.92. The number of halogens is 1. The maximum atomic E-state index is 12.0. The van der Waals surface area contributed by atoms with Crippen LogP contribution in [0.25, 0.3) is 11.3 Å². The molecule has 10 heteroatoms. The minimum Gasteiger partial charge on any atom is -0.494 e. The Morgan fingerprint density at radius 2 is 1.97 bits per heavy atom. The van der Waals surface area contributed by atoms with Crippen LogP contribution in [0.1, 0.15) is 30.5 Å². The number of amides is 1. The van der Waals surface area contributed by atoms with E-state index >= 15 is 0 Å².